The molecular weight excluding hydrogens is 402 g/mol. The Balaban J connectivity index is 1.50. The number of ether oxygens (including phenoxy) is 1. The maximum atomic E-state index is 11.1. The van der Waals surface area contributed by atoms with Gasteiger partial charge in [0.25, 0.3) is 0 Å². The van der Waals surface area contributed by atoms with E-state index in [2.05, 4.69) is 16.0 Å². The van der Waals surface area contributed by atoms with Crippen LogP contribution in [0.15, 0.2) is 60.7 Å². The van der Waals surface area contributed by atoms with Crippen LogP contribution in [-0.4, -0.2) is 21.0 Å². The first-order valence-electron chi connectivity index (χ1n) is 10.1. The van der Waals surface area contributed by atoms with Gasteiger partial charge in [0.2, 0.25) is 0 Å². The molecule has 32 heavy (non-hydrogen) atoms. The van der Waals surface area contributed by atoms with Crippen LogP contribution in [0.1, 0.15) is 38.4 Å². The van der Waals surface area contributed by atoms with Crippen molar-refractivity contribution in [3.63, 3.8) is 0 Å². The van der Waals surface area contributed by atoms with E-state index in [4.69, 9.17) is 9.84 Å². The van der Waals surface area contributed by atoms with E-state index in [9.17, 15) is 10.1 Å². The second kappa shape index (κ2) is 8.78. The molecule has 0 aliphatic rings. The fourth-order valence-electron chi connectivity index (χ4n) is 3.34. The van der Waals surface area contributed by atoms with E-state index in [1.165, 1.54) is 5.56 Å². The zero-order valence-corrected chi connectivity index (χ0v) is 17.7. The number of fused-ring (bicyclic) bond motifs is 1. The number of carbonyl (C=O) groups is 1. The molecule has 0 unspecified atom stereocenters. The fourth-order valence-corrected chi connectivity index (χ4v) is 3.34. The molecule has 0 radical (unpaired) electrons. The number of nitrogens with one attached hydrogen (secondary N) is 1. The Kier molecular flexibility index (Phi) is 5.73. The molecule has 0 fully saturated rings. The maximum Gasteiger partial charge on any atom is 0.335 e. The van der Waals surface area contributed by atoms with Crippen molar-refractivity contribution in [2.75, 3.05) is 0 Å². The molecule has 0 saturated heterocycles. The number of imidazole rings is 1. The summed E-state index contributed by atoms with van der Waals surface area (Å²) in [5.41, 5.74) is 6.34. The standard InChI is InChI=1S/C26H21N3O3/c1-16-10-23-24(11-17(16)2)29-25(28-23)21(14-27)12-18-6-8-22(9-7-18)32-15-19-4-3-5-20(13-19)26(30)31/h3-13H,15H2,1-2H3,(H,28,29)(H,30,31)/b21-12-. The highest BCUT2D eigenvalue weighted by Gasteiger charge is 2.10. The van der Waals surface area contributed by atoms with Crippen LogP contribution in [0.25, 0.3) is 22.7 Å². The third-order valence-corrected chi connectivity index (χ3v) is 5.24. The molecule has 4 aromatic rings. The molecule has 1 aromatic heterocycles. The van der Waals surface area contributed by atoms with Crippen LogP contribution in [0.2, 0.25) is 0 Å². The summed E-state index contributed by atoms with van der Waals surface area (Å²) in [6.45, 7) is 4.34. The van der Waals surface area contributed by atoms with Crippen molar-refractivity contribution in [2.24, 2.45) is 0 Å². The zero-order valence-electron chi connectivity index (χ0n) is 17.7. The Morgan fingerprint density at radius 2 is 1.88 bits per heavy atom. The lowest BCUT2D eigenvalue weighted by molar-refractivity contribution is 0.0696. The first kappa shape index (κ1) is 20.9. The number of carboxylic acid groups (broad SMARTS) is 1. The van der Waals surface area contributed by atoms with E-state index in [1.54, 1.807) is 24.3 Å². The molecule has 158 valence electrons. The first-order valence-corrected chi connectivity index (χ1v) is 10.1. The van der Waals surface area contributed by atoms with E-state index in [0.29, 0.717) is 17.1 Å². The zero-order chi connectivity index (χ0) is 22.7. The first-order chi connectivity index (χ1) is 15.4. The highest BCUT2D eigenvalue weighted by Crippen LogP contribution is 2.23. The molecule has 6 nitrogen and oxygen atoms in total. The van der Waals surface area contributed by atoms with Gasteiger partial charge in [-0.05, 0) is 78.6 Å². The molecule has 6 heteroatoms. The third kappa shape index (κ3) is 4.52. The summed E-state index contributed by atoms with van der Waals surface area (Å²) >= 11 is 0. The molecule has 3 aromatic carbocycles. The monoisotopic (exact) mass is 423 g/mol. The minimum atomic E-state index is -0.967. The Hall–Kier alpha value is -4.37. The van der Waals surface area contributed by atoms with Gasteiger partial charge in [-0.3, -0.25) is 0 Å². The summed E-state index contributed by atoms with van der Waals surface area (Å²) in [6, 6.07) is 20.3. The quantitative estimate of drug-likeness (QED) is 0.398. The number of aryl methyl sites for hydroxylation is 2. The number of carboxylic acids is 1. The maximum absolute atomic E-state index is 11.1. The molecule has 2 N–H and O–H groups in total. The van der Waals surface area contributed by atoms with Gasteiger partial charge in [0, 0.05) is 0 Å². The normalized spacial score (nSPS) is 11.3. The lowest BCUT2D eigenvalue weighted by atomic mass is 10.1. The smallest absolute Gasteiger partial charge is 0.335 e. The summed E-state index contributed by atoms with van der Waals surface area (Å²) in [7, 11) is 0. The highest BCUT2D eigenvalue weighted by atomic mass is 16.5. The van der Waals surface area contributed by atoms with Crippen molar-refractivity contribution in [3.05, 3.63) is 94.3 Å². The number of H-pyrrole nitrogens is 1. The van der Waals surface area contributed by atoms with Gasteiger partial charge in [-0.15, -0.1) is 0 Å². The molecule has 4 rings (SSSR count). The van der Waals surface area contributed by atoms with E-state index < -0.39 is 5.97 Å². The highest BCUT2D eigenvalue weighted by molar-refractivity contribution is 5.90. The van der Waals surface area contributed by atoms with E-state index in [-0.39, 0.29) is 12.2 Å². The predicted molar refractivity (Wildman–Crippen MR) is 123 cm³/mol. The Morgan fingerprint density at radius 3 is 2.59 bits per heavy atom. The van der Waals surface area contributed by atoms with Gasteiger partial charge in [0.15, 0.2) is 0 Å². The number of benzene rings is 3. The summed E-state index contributed by atoms with van der Waals surface area (Å²) in [5.74, 6) is 0.216. The van der Waals surface area contributed by atoms with Crippen LogP contribution in [0.3, 0.4) is 0 Å². The average Bonchev–Trinajstić information content (AvgIpc) is 3.19. The lowest BCUT2D eigenvalue weighted by Gasteiger charge is -2.07. The van der Waals surface area contributed by atoms with Crippen LogP contribution in [0, 0.1) is 25.2 Å². The Bertz CT molecular complexity index is 1340. The minimum absolute atomic E-state index is 0.228. The third-order valence-electron chi connectivity index (χ3n) is 5.24. The molecule has 0 bridgehead atoms. The number of hydrogen-bond acceptors (Lipinski definition) is 4. The van der Waals surface area contributed by atoms with Crippen molar-refractivity contribution in [2.45, 2.75) is 20.5 Å². The van der Waals surface area contributed by atoms with Crippen molar-refractivity contribution < 1.29 is 14.6 Å². The number of nitrogens with zero attached hydrogens (tertiary/aromatic N) is 2. The second-order valence-electron chi connectivity index (χ2n) is 7.57. The number of hydrogen-bond donors (Lipinski definition) is 2. The molecule has 1 heterocycles. The van der Waals surface area contributed by atoms with Gasteiger partial charge in [0.05, 0.1) is 22.2 Å². The van der Waals surface area contributed by atoms with Gasteiger partial charge in [0.1, 0.15) is 24.3 Å². The molecule has 0 aliphatic carbocycles. The Morgan fingerprint density at radius 1 is 1.12 bits per heavy atom. The van der Waals surface area contributed by atoms with Gasteiger partial charge >= 0.3 is 5.97 Å². The van der Waals surface area contributed by atoms with E-state index >= 15 is 0 Å². The van der Waals surface area contributed by atoms with Crippen LogP contribution in [0.5, 0.6) is 5.75 Å². The van der Waals surface area contributed by atoms with Gasteiger partial charge in [-0.2, -0.15) is 5.26 Å². The number of nitriles is 1. The van der Waals surface area contributed by atoms with Crippen LogP contribution >= 0.6 is 0 Å². The van der Waals surface area contributed by atoms with Crippen molar-refractivity contribution in [1.82, 2.24) is 9.97 Å². The molecule has 0 atom stereocenters. The molecule has 0 saturated carbocycles. The summed E-state index contributed by atoms with van der Waals surface area (Å²) < 4.78 is 5.76. The van der Waals surface area contributed by atoms with Gasteiger partial charge in [-0.1, -0.05) is 24.3 Å². The largest absolute Gasteiger partial charge is 0.489 e. The molecule has 0 aliphatic heterocycles. The molecule has 0 amide bonds. The number of rotatable bonds is 6. The number of aromatic nitrogens is 2. The second-order valence-corrected chi connectivity index (χ2v) is 7.57. The fraction of sp³-hybridized carbons (Fsp3) is 0.115. The number of aromatic amines is 1. The van der Waals surface area contributed by atoms with Gasteiger partial charge in [-0.25, -0.2) is 9.78 Å². The van der Waals surface area contributed by atoms with E-state index in [0.717, 1.165) is 27.7 Å². The van der Waals surface area contributed by atoms with Gasteiger partial charge < -0.3 is 14.8 Å². The van der Waals surface area contributed by atoms with Crippen molar-refractivity contribution in [3.8, 4) is 11.8 Å². The molecule has 0 spiro atoms. The summed E-state index contributed by atoms with van der Waals surface area (Å²) in [6.07, 6.45) is 1.78. The summed E-state index contributed by atoms with van der Waals surface area (Å²) in [4.78, 5) is 18.9. The van der Waals surface area contributed by atoms with Crippen molar-refractivity contribution in [1.29, 1.82) is 5.26 Å². The van der Waals surface area contributed by atoms with Crippen LogP contribution < -0.4 is 4.74 Å². The Labute approximate surface area is 185 Å². The van der Waals surface area contributed by atoms with Crippen LogP contribution in [-0.2, 0) is 6.61 Å². The summed E-state index contributed by atoms with van der Waals surface area (Å²) in [5, 5.41) is 18.7. The topological polar surface area (TPSA) is 99.0 Å². The van der Waals surface area contributed by atoms with Crippen LogP contribution in [0.4, 0.5) is 0 Å². The number of aromatic carboxylic acids is 1. The van der Waals surface area contributed by atoms with E-state index in [1.807, 2.05) is 56.3 Å². The number of allylic oxidation sites excluding steroid dienone is 1. The van der Waals surface area contributed by atoms with Crippen molar-refractivity contribution >= 4 is 28.7 Å². The molecular formula is C26H21N3O3. The minimum Gasteiger partial charge on any atom is -0.489 e. The SMILES string of the molecule is Cc1cc2nc(/C(C#N)=C\c3ccc(OCc4cccc(C(=O)O)c4)cc3)[nH]c2cc1C. The average molecular weight is 423 g/mol. The lowest BCUT2D eigenvalue weighted by Crippen LogP contribution is -2.00. The predicted octanol–water partition coefficient (Wildman–Crippen LogP) is 5.52.